The average molecular weight is 252 g/mol. The van der Waals surface area contributed by atoms with Crippen LogP contribution in [0.15, 0.2) is 0 Å². The molecule has 0 aromatic rings. The minimum atomic E-state index is -4.33. The van der Waals surface area contributed by atoms with Crippen molar-refractivity contribution in [3.63, 3.8) is 0 Å². The highest BCUT2D eigenvalue weighted by atomic mass is 19.4. The molecule has 0 aliphatic carbocycles. The van der Waals surface area contributed by atoms with Crippen LogP contribution < -0.4 is 10.6 Å². The Bertz CT molecular complexity index is 296. The monoisotopic (exact) mass is 252 g/mol. The molecule has 1 aliphatic rings. The Morgan fingerprint density at radius 1 is 1.24 bits per heavy atom. The van der Waals surface area contributed by atoms with Crippen LogP contribution >= 0.6 is 0 Å². The largest absolute Gasteiger partial charge is 0.417 e. The Labute approximate surface area is 99.1 Å². The molecule has 17 heavy (non-hydrogen) atoms. The predicted octanol–water partition coefficient (Wildman–Crippen LogP) is 1.69. The van der Waals surface area contributed by atoms with E-state index in [4.69, 9.17) is 0 Å². The van der Waals surface area contributed by atoms with Gasteiger partial charge in [-0.1, -0.05) is 20.8 Å². The average Bonchev–Trinajstić information content (AvgIpc) is 2.13. The van der Waals surface area contributed by atoms with Gasteiger partial charge in [-0.3, -0.25) is 15.4 Å². The third-order valence-corrected chi connectivity index (χ3v) is 2.98. The quantitative estimate of drug-likeness (QED) is 0.746. The number of Topliss-reactive ketones (excluding diaryl/α,β-unsaturated/α-hetero) is 1. The molecule has 0 saturated carbocycles. The molecule has 1 aliphatic heterocycles. The molecule has 6 heteroatoms. The molecule has 1 fully saturated rings. The molecule has 0 bridgehead atoms. The Kier molecular flexibility index (Phi) is 3.88. The van der Waals surface area contributed by atoms with E-state index in [2.05, 4.69) is 10.6 Å². The van der Waals surface area contributed by atoms with E-state index in [0.717, 1.165) is 0 Å². The highest BCUT2D eigenvalue weighted by molar-refractivity contribution is 5.86. The Morgan fingerprint density at radius 2 is 1.76 bits per heavy atom. The number of halogens is 3. The Balaban J connectivity index is 2.70. The second-order valence-electron chi connectivity index (χ2n) is 5.56. The molecule has 100 valence electrons. The lowest BCUT2D eigenvalue weighted by Gasteiger charge is -2.38. The van der Waals surface area contributed by atoms with Gasteiger partial charge in [0, 0.05) is 23.9 Å². The van der Waals surface area contributed by atoms with E-state index in [1.807, 2.05) is 0 Å². The molecular formula is C11H19F3N2O. The van der Waals surface area contributed by atoms with E-state index in [1.54, 1.807) is 27.7 Å². The Hall–Kier alpha value is -0.620. The summed E-state index contributed by atoms with van der Waals surface area (Å²) in [6, 6.07) is -0.477. The second kappa shape index (κ2) is 4.57. The van der Waals surface area contributed by atoms with Crippen LogP contribution in [0.1, 0.15) is 27.7 Å². The number of rotatable bonds is 1. The Morgan fingerprint density at radius 3 is 2.12 bits per heavy atom. The fraction of sp³-hybridized carbons (Fsp3) is 0.909. The minimum Gasteiger partial charge on any atom is -0.299 e. The third-order valence-electron chi connectivity index (χ3n) is 2.98. The van der Waals surface area contributed by atoms with Crippen molar-refractivity contribution >= 4 is 5.78 Å². The van der Waals surface area contributed by atoms with E-state index in [0.29, 0.717) is 0 Å². The number of hydrogen-bond acceptors (Lipinski definition) is 3. The van der Waals surface area contributed by atoms with Gasteiger partial charge in [-0.15, -0.1) is 0 Å². The van der Waals surface area contributed by atoms with Gasteiger partial charge >= 0.3 is 6.18 Å². The summed E-state index contributed by atoms with van der Waals surface area (Å²) in [7, 11) is 0. The van der Waals surface area contributed by atoms with Crippen LogP contribution in [0, 0.1) is 11.3 Å². The van der Waals surface area contributed by atoms with E-state index < -0.39 is 29.7 Å². The normalized spacial score (nSPS) is 31.4. The van der Waals surface area contributed by atoms with Gasteiger partial charge in [-0.05, 0) is 6.92 Å². The van der Waals surface area contributed by atoms with Gasteiger partial charge in [0.25, 0.3) is 0 Å². The number of alkyl halides is 3. The molecular weight excluding hydrogens is 233 g/mol. The van der Waals surface area contributed by atoms with E-state index in [9.17, 15) is 18.0 Å². The molecule has 1 heterocycles. The first-order valence-electron chi connectivity index (χ1n) is 5.64. The molecule has 0 amide bonds. The zero-order valence-corrected chi connectivity index (χ0v) is 10.5. The van der Waals surface area contributed by atoms with Gasteiger partial charge in [0.15, 0.2) is 6.17 Å². The number of nitrogens with one attached hydrogen (secondary N) is 2. The maximum atomic E-state index is 12.5. The van der Waals surface area contributed by atoms with Gasteiger partial charge in [-0.2, -0.15) is 13.2 Å². The molecule has 1 rings (SSSR count). The molecule has 1 saturated heterocycles. The molecule has 0 aromatic carbocycles. The summed E-state index contributed by atoms with van der Waals surface area (Å²) in [6.45, 7) is 7.01. The fourth-order valence-corrected chi connectivity index (χ4v) is 1.95. The van der Waals surface area contributed by atoms with Crippen LogP contribution in [0.3, 0.4) is 0 Å². The summed E-state index contributed by atoms with van der Waals surface area (Å²) >= 11 is 0. The van der Waals surface area contributed by atoms with Crippen LogP contribution in [0.2, 0.25) is 0 Å². The predicted molar refractivity (Wildman–Crippen MR) is 58.4 cm³/mol. The number of carbonyl (C=O) groups is 1. The van der Waals surface area contributed by atoms with Crippen LogP contribution in [0.5, 0.6) is 0 Å². The second-order valence-corrected chi connectivity index (χ2v) is 5.56. The van der Waals surface area contributed by atoms with Crippen molar-refractivity contribution in [2.24, 2.45) is 11.3 Å². The topological polar surface area (TPSA) is 41.1 Å². The maximum absolute atomic E-state index is 12.5. The lowest BCUT2D eigenvalue weighted by Crippen LogP contribution is -2.65. The molecule has 0 radical (unpaired) electrons. The SMILES string of the molecule is CC1NC(C(F)(F)F)NCC1C(=O)C(C)(C)C. The van der Waals surface area contributed by atoms with Crippen LogP contribution in [0.4, 0.5) is 13.2 Å². The van der Waals surface area contributed by atoms with Crippen molar-refractivity contribution in [1.82, 2.24) is 10.6 Å². The lowest BCUT2D eigenvalue weighted by molar-refractivity contribution is -0.173. The first-order valence-corrected chi connectivity index (χ1v) is 5.64. The third kappa shape index (κ3) is 3.42. The molecule has 3 unspecified atom stereocenters. The molecule has 0 aromatic heterocycles. The van der Waals surface area contributed by atoms with Gasteiger partial charge in [0.1, 0.15) is 5.78 Å². The number of carbonyl (C=O) groups excluding carboxylic acids is 1. The summed E-state index contributed by atoms with van der Waals surface area (Å²) in [5.41, 5.74) is -0.534. The van der Waals surface area contributed by atoms with Gasteiger partial charge in [-0.25, -0.2) is 0 Å². The van der Waals surface area contributed by atoms with Crippen molar-refractivity contribution in [2.75, 3.05) is 6.54 Å². The van der Waals surface area contributed by atoms with Crippen molar-refractivity contribution in [1.29, 1.82) is 0 Å². The van der Waals surface area contributed by atoms with Gasteiger partial charge < -0.3 is 0 Å². The summed E-state index contributed by atoms with van der Waals surface area (Å²) in [5, 5.41) is 4.74. The van der Waals surface area contributed by atoms with Gasteiger partial charge in [0.05, 0.1) is 0 Å². The summed E-state index contributed by atoms with van der Waals surface area (Å²) in [6.07, 6.45) is -6.05. The zero-order chi connectivity index (χ0) is 13.4. The fourth-order valence-electron chi connectivity index (χ4n) is 1.95. The van der Waals surface area contributed by atoms with E-state index in [-0.39, 0.29) is 12.3 Å². The standard InChI is InChI=1S/C11H19F3N2O/c1-6-7(8(17)10(2,3)4)5-15-9(16-6)11(12,13)14/h6-7,9,15-16H,5H2,1-4H3. The van der Waals surface area contributed by atoms with Crippen LogP contribution in [-0.2, 0) is 4.79 Å². The van der Waals surface area contributed by atoms with Crippen molar-refractivity contribution in [3.05, 3.63) is 0 Å². The minimum absolute atomic E-state index is 0.0226. The van der Waals surface area contributed by atoms with Gasteiger partial charge in [0.2, 0.25) is 0 Å². The smallest absolute Gasteiger partial charge is 0.299 e. The van der Waals surface area contributed by atoms with Crippen LogP contribution in [0.25, 0.3) is 0 Å². The van der Waals surface area contributed by atoms with Crippen molar-refractivity contribution in [3.8, 4) is 0 Å². The number of hydrogen-bond donors (Lipinski definition) is 2. The van der Waals surface area contributed by atoms with E-state index in [1.165, 1.54) is 0 Å². The molecule has 0 spiro atoms. The summed E-state index contributed by atoms with van der Waals surface area (Å²) < 4.78 is 37.4. The maximum Gasteiger partial charge on any atom is 0.417 e. The highest BCUT2D eigenvalue weighted by Gasteiger charge is 2.46. The zero-order valence-electron chi connectivity index (χ0n) is 10.5. The van der Waals surface area contributed by atoms with Crippen LogP contribution in [-0.4, -0.2) is 30.7 Å². The molecule has 3 atom stereocenters. The highest BCUT2D eigenvalue weighted by Crippen LogP contribution is 2.27. The van der Waals surface area contributed by atoms with Crippen molar-refractivity contribution < 1.29 is 18.0 Å². The number of ketones is 1. The summed E-state index contributed by atoms with van der Waals surface area (Å²) in [5.74, 6) is -0.445. The first-order chi connectivity index (χ1) is 7.53. The lowest BCUT2D eigenvalue weighted by atomic mass is 9.79. The summed E-state index contributed by atoms with van der Waals surface area (Å²) in [4.78, 5) is 12.0. The molecule has 3 nitrogen and oxygen atoms in total. The van der Waals surface area contributed by atoms with E-state index >= 15 is 0 Å². The first kappa shape index (κ1) is 14.4. The molecule has 2 N–H and O–H groups in total. The van der Waals surface area contributed by atoms with Crippen molar-refractivity contribution in [2.45, 2.75) is 46.1 Å².